The number of carbonyl (C=O) groups is 2. The zero-order valence-corrected chi connectivity index (χ0v) is 27.4. The number of rotatable bonds is 11. The van der Waals surface area contributed by atoms with E-state index >= 15 is 0 Å². The molecule has 0 saturated carbocycles. The molecule has 50 heavy (non-hydrogen) atoms. The van der Waals surface area contributed by atoms with Gasteiger partial charge in [-0.2, -0.15) is 0 Å². The summed E-state index contributed by atoms with van der Waals surface area (Å²) in [7, 11) is 4.03. The Balaban J connectivity index is 1.15. The van der Waals surface area contributed by atoms with Gasteiger partial charge in [-0.25, -0.2) is 13.8 Å². The molecule has 2 amide bonds. The van der Waals surface area contributed by atoms with E-state index in [2.05, 4.69) is 20.5 Å². The lowest BCUT2D eigenvalue weighted by atomic mass is 9.90. The third-order valence-corrected chi connectivity index (χ3v) is 8.11. The highest BCUT2D eigenvalue weighted by Gasteiger charge is 2.35. The number of benzene rings is 4. The third kappa shape index (κ3) is 7.79. The summed E-state index contributed by atoms with van der Waals surface area (Å²) in [5.41, 5.74) is 5.24. The highest BCUT2D eigenvalue weighted by Crippen LogP contribution is 2.37. The summed E-state index contributed by atoms with van der Waals surface area (Å²) < 4.78 is 28.1. The lowest BCUT2D eigenvalue weighted by molar-refractivity contribution is -0.115. The van der Waals surface area contributed by atoms with Crippen molar-refractivity contribution in [2.24, 2.45) is 4.99 Å². The number of hydrogen-bond donors (Lipinski definition) is 2. The second-order valence-electron chi connectivity index (χ2n) is 12.1. The van der Waals surface area contributed by atoms with E-state index in [1.165, 1.54) is 12.4 Å². The standard InChI is InChI=1S/C39H34F2N6O3/c1-46(2)22-26-10-14-29(15-11-26)44-36(28-8-4-3-5-9-28)35-30-16-12-25(20-34(30)45-38(35)49)7-6-18-43-37(48)31-21-42-24-47(39(31)50)23-27-13-17-32(40)33(41)19-27/h3-17,19-21,24,35H,18,22-23H2,1-2H3,(H,43,48)(H,45,49). The minimum atomic E-state index is -1.03. The fourth-order valence-electron chi connectivity index (χ4n) is 5.74. The topological polar surface area (TPSA) is 109 Å². The molecule has 0 radical (unpaired) electrons. The Labute approximate surface area is 287 Å². The molecule has 4 aromatic carbocycles. The van der Waals surface area contributed by atoms with E-state index in [0.29, 0.717) is 17.0 Å². The Morgan fingerprint density at radius 2 is 1.72 bits per heavy atom. The van der Waals surface area contributed by atoms with E-state index in [9.17, 15) is 23.2 Å². The van der Waals surface area contributed by atoms with Crippen LogP contribution in [0.5, 0.6) is 0 Å². The van der Waals surface area contributed by atoms with Gasteiger partial charge in [-0.05, 0) is 72.2 Å². The first-order valence-corrected chi connectivity index (χ1v) is 15.9. The van der Waals surface area contributed by atoms with E-state index in [1.807, 2.05) is 86.9 Å². The number of nitrogens with zero attached hydrogens (tertiary/aromatic N) is 4. The number of carbonyl (C=O) groups excluding carboxylic acids is 2. The molecule has 0 spiro atoms. The van der Waals surface area contributed by atoms with Crippen LogP contribution >= 0.6 is 0 Å². The smallest absolute Gasteiger partial charge is 0.266 e. The lowest BCUT2D eigenvalue weighted by Crippen LogP contribution is -2.33. The Hall–Kier alpha value is -6.07. The molecule has 11 heteroatoms. The van der Waals surface area contributed by atoms with E-state index in [4.69, 9.17) is 4.99 Å². The third-order valence-electron chi connectivity index (χ3n) is 8.11. The van der Waals surface area contributed by atoms with Crippen LogP contribution in [0.4, 0.5) is 20.2 Å². The second-order valence-corrected chi connectivity index (χ2v) is 12.1. The van der Waals surface area contributed by atoms with Gasteiger partial charge in [0.25, 0.3) is 11.5 Å². The average Bonchev–Trinajstić information content (AvgIpc) is 3.43. The van der Waals surface area contributed by atoms with Gasteiger partial charge in [0.05, 0.1) is 24.3 Å². The molecule has 1 unspecified atom stereocenters. The van der Waals surface area contributed by atoms with Gasteiger partial charge >= 0.3 is 0 Å². The Bertz CT molecular complexity index is 2160. The molecule has 0 saturated heterocycles. The van der Waals surface area contributed by atoms with Crippen molar-refractivity contribution in [1.82, 2.24) is 19.8 Å². The Kier molecular flexibility index (Phi) is 10.1. The average molecular weight is 673 g/mol. The predicted molar refractivity (Wildman–Crippen MR) is 190 cm³/mol. The fraction of sp³-hybridized carbons (Fsp3) is 0.154. The van der Waals surface area contributed by atoms with Crippen LogP contribution in [0.25, 0.3) is 6.08 Å². The number of aromatic nitrogens is 2. The van der Waals surface area contributed by atoms with E-state index in [0.717, 1.165) is 57.4 Å². The van der Waals surface area contributed by atoms with Crippen LogP contribution in [-0.2, 0) is 17.9 Å². The van der Waals surface area contributed by atoms with Crippen molar-refractivity contribution < 1.29 is 18.4 Å². The van der Waals surface area contributed by atoms with Crippen LogP contribution < -0.4 is 16.2 Å². The van der Waals surface area contributed by atoms with Crippen molar-refractivity contribution >= 4 is 35.0 Å². The van der Waals surface area contributed by atoms with Crippen LogP contribution in [0.3, 0.4) is 0 Å². The number of fused-ring (bicyclic) bond motifs is 1. The normalized spacial score (nSPS) is 14.2. The van der Waals surface area contributed by atoms with E-state index in [-0.39, 0.29) is 24.6 Å². The molecule has 1 aliphatic rings. The molecule has 1 aliphatic heterocycles. The van der Waals surface area contributed by atoms with E-state index < -0.39 is 29.0 Å². The maximum Gasteiger partial charge on any atom is 0.266 e. The van der Waals surface area contributed by atoms with Gasteiger partial charge < -0.3 is 15.5 Å². The van der Waals surface area contributed by atoms with E-state index in [1.54, 1.807) is 12.2 Å². The summed E-state index contributed by atoms with van der Waals surface area (Å²) in [6, 6.07) is 26.6. The van der Waals surface area contributed by atoms with Gasteiger partial charge in [-0.3, -0.25) is 23.9 Å². The van der Waals surface area contributed by atoms with Crippen molar-refractivity contribution in [2.45, 2.75) is 19.0 Å². The molecule has 1 atom stereocenters. The Morgan fingerprint density at radius 1 is 0.960 bits per heavy atom. The summed E-state index contributed by atoms with van der Waals surface area (Å²) in [5, 5.41) is 5.68. The quantitative estimate of drug-likeness (QED) is 0.169. The van der Waals surface area contributed by atoms with Crippen molar-refractivity contribution in [3.8, 4) is 0 Å². The van der Waals surface area contributed by atoms with Crippen LogP contribution in [0.15, 0.2) is 119 Å². The largest absolute Gasteiger partial charge is 0.348 e. The molecule has 2 heterocycles. The molecule has 5 aromatic rings. The molecular weight excluding hydrogens is 638 g/mol. The summed E-state index contributed by atoms with van der Waals surface area (Å²) in [5.74, 6) is -3.44. The van der Waals surface area contributed by atoms with Crippen molar-refractivity contribution in [3.63, 3.8) is 0 Å². The number of hydrogen-bond acceptors (Lipinski definition) is 6. The molecule has 6 rings (SSSR count). The van der Waals surface area contributed by atoms with Crippen molar-refractivity contribution in [3.05, 3.63) is 165 Å². The molecule has 0 bridgehead atoms. The van der Waals surface area contributed by atoms with Crippen LogP contribution in [0, 0.1) is 11.6 Å². The highest BCUT2D eigenvalue weighted by atomic mass is 19.2. The van der Waals surface area contributed by atoms with Gasteiger partial charge in [0.2, 0.25) is 5.91 Å². The highest BCUT2D eigenvalue weighted by molar-refractivity contribution is 6.24. The maximum absolute atomic E-state index is 13.6. The molecule has 9 nitrogen and oxygen atoms in total. The maximum atomic E-state index is 13.6. The van der Waals surface area contributed by atoms with Crippen LogP contribution in [0.1, 0.15) is 44.1 Å². The summed E-state index contributed by atoms with van der Waals surface area (Å²) >= 11 is 0. The van der Waals surface area contributed by atoms with Crippen LogP contribution in [0.2, 0.25) is 0 Å². The fourth-order valence-corrected chi connectivity index (χ4v) is 5.74. The molecule has 0 aliphatic carbocycles. The second kappa shape index (κ2) is 15.0. The minimum Gasteiger partial charge on any atom is -0.348 e. The monoisotopic (exact) mass is 672 g/mol. The predicted octanol–water partition coefficient (Wildman–Crippen LogP) is 5.93. The first-order valence-electron chi connectivity index (χ1n) is 15.9. The molecule has 252 valence electrons. The zero-order chi connectivity index (χ0) is 35.2. The van der Waals surface area contributed by atoms with Gasteiger partial charge in [0.15, 0.2) is 11.6 Å². The zero-order valence-electron chi connectivity index (χ0n) is 27.4. The molecule has 2 N–H and O–H groups in total. The van der Waals surface area contributed by atoms with Crippen LogP contribution in [-0.4, -0.2) is 52.6 Å². The van der Waals surface area contributed by atoms with Crippen molar-refractivity contribution in [1.29, 1.82) is 0 Å². The minimum absolute atomic E-state index is 0.0807. The van der Waals surface area contributed by atoms with Gasteiger partial charge in [-0.1, -0.05) is 72.8 Å². The molecular formula is C39H34F2N6O3. The number of anilines is 1. The number of amides is 2. The first-order chi connectivity index (χ1) is 24.2. The molecule has 0 fully saturated rings. The lowest BCUT2D eigenvalue weighted by Gasteiger charge is -2.14. The summed E-state index contributed by atoms with van der Waals surface area (Å²) in [6.45, 7) is 0.843. The van der Waals surface area contributed by atoms with Gasteiger partial charge in [0.1, 0.15) is 11.5 Å². The Morgan fingerprint density at radius 3 is 2.46 bits per heavy atom. The van der Waals surface area contributed by atoms with Gasteiger partial charge in [-0.15, -0.1) is 0 Å². The number of halogens is 2. The summed E-state index contributed by atoms with van der Waals surface area (Å²) in [4.78, 5) is 50.2. The molecule has 1 aromatic heterocycles. The SMILES string of the molecule is CN(C)Cc1ccc(N=C(c2ccccc2)C2C(=O)Nc3cc(C=CCNC(=O)c4cncn(Cc5ccc(F)c(F)c5)c4=O)ccc32)cc1. The summed E-state index contributed by atoms with van der Waals surface area (Å²) in [6.07, 6.45) is 5.92. The first kappa shape index (κ1) is 33.8. The number of nitrogens with one attached hydrogen (secondary N) is 2. The van der Waals surface area contributed by atoms with Crippen molar-refractivity contribution in [2.75, 3.05) is 26.0 Å². The number of aliphatic imine (C=N–C) groups is 1. The van der Waals surface area contributed by atoms with Gasteiger partial charge in [0, 0.05) is 25.0 Å².